The van der Waals surface area contributed by atoms with Crippen LogP contribution >= 0.6 is 0 Å². The van der Waals surface area contributed by atoms with Gasteiger partial charge in [-0.15, -0.1) is 0 Å². The molecular formula is C30H34. The minimum absolute atomic E-state index is 0.194. The van der Waals surface area contributed by atoms with Crippen LogP contribution in [-0.2, 0) is 11.8 Å². The Balaban J connectivity index is 1.52. The van der Waals surface area contributed by atoms with E-state index in [9.17, 15) is 0 Å². The fraction of sp³-hybridized carbons (Fsp3) is 0.333. The summed E-state index contributed by atoms with van der Waals surface area (Å²) >= 11 is 0. The van der Waals surface area contributed by atoms with Crippen LogP contribution in [0.1, 0.15) is 62.3 Å². The van der Waals surface area contributed by atoms with Gasteiger partial charge in [0, 0.05) is 5.92 Å². The summed E-state index contributed by atoms with van der Waals surface area (Å²) in [6, 6.07) is 18.3. The Hall–Kier alpha value is -2.60. The number of hydrogen-bond donors (Lipinski definition) is 0. The van der Waals surface area contributed by atoms with Crippen molar-refractivity contribution in [2.75, 3.05) is 0 Å². The number of hydrogen-bond acceptors (Lipinski definition) is 0. The van der Waals surface area contributed by atoms with Gasteiger partial charge in [0.15, 0.2) is 0 Å². The molecule has 0 aliphatic heterocycles. The molecule has 1 atom stereocenters. The van der Waals surface area contributed by atoms with Crippen LogP contribution in [-0.4, -0.2) is 0 Å². The number of allylic oxidation sites excluding steroid dienone is 8. The van der Waals surface area contributed by atoms with Crippen molar-refractivity contribution < 1.29 is 0 Å². The molecular weight excluding hydrogens is 360 g/mol. The van der Waals surface area contributed by atoms with Crippen molar-refractivity contribution in [2.24, 2.45) is 5.92 Å². The van der Waals surface area contributed by atoms with Gasteiger partial charge >= 0.3 is 0 Å². The van der Waals surface area contributed by atoms with E-state index in [1.165, 1.54) is 27.8 Å². The van der Waals surface area contributed by atoms with Crippen LogP contribution in [0, 0.1) is 12.8 Å². The van der Waals surface area contributed by atoms with Gasteiger partial charge in [-0.1, -0.05) is 116 Å². The molecule has 0 fully saturated rings. The van der Waals surface area contributed by atoms with Gasteiger partial charge in [-0.3, -0.25) is 0 Å². The summed E-state index contributed by atoms with van der Waals surface area (Å²) in [5.41, 5.74) is 10.4. The summed E-state index contributed by atoms with van der Waals surface area (Å²) in [5, 5.41) is 0. The second-order valence-corrected chi connectivity index (χ2v) is 9.89. The molecule has 0 amide bonds. The average molecular weight is 395 g/mol. The number of benzene rings is 2. The zero-order chi connectivity index (χ0) is 21.1. The summed E-state index contributed by atoms with van der Waals surface area (Å²) in [4.78, 5) is 0. The van der Waals surface area contributed by atoms with Crippen molar-refractivity contribution in [3.63, 3.8) is 0 Å². The van der Waals surface area contributed by atoms with Crippen LogP contribution in [0.25, 0.3) is 5.57 Å². The van der Waals surface area contributed by atoms with Crippen LogP contribution in [0.15, 0.2) is 90.1 Å². The molecule has 0 N–H and O–H groups in total. The second kappa shape index (κ2) is 8.64. The molecule has 0 saturated heterocycles. The van der Waals surface area contributed by atoms with Gasteiger partial charge in [0.1, 0.15) is 0 Å². The summed E-state index contributed by atoms with van der Waals surface area (Å²) < 4.78 is 0. The third kappa shape index (κ3) is 4.75. The molecule has 2 aromatic carbocycles. The smallest absolute Gasteiger partial charge is 0.00947 e. The Morgan fingerprint density at radius 3 is 2.20 bits per heavy atom. The van der Waals surface area contributed by atoms with Gasteiger partial charge in [-0.25, -0.2) is 0 Å². The zero-order valence-electron chi connectivity index (χ0n) is 18.9. The minimum atomic E-state index is 0.194. The lowest BCUT2D eigenvalue weighted by molar-refractivity contribution is 0.590. The van der Waals surface area contributed by atoms with Crippen LogP contribution in [0.2, 0.25) is 0 Å². The van der Waals surface area contributed by atoms with Crippen molar-refractivity contribution in [1.29, 1.82) is 0 Å². The largest absolute Gasteiger partial charge is 0.0805 e. The van der Waals surface area contributed by atoms with Crippen LogP contribution in [0.5, 0.6) is 0 Å². The van der Waals surface area contributed by atoms with E-state index in [0.29, 0.717) is 5.92 Å². The van der Waals surface area contributed by atoms with E-state index in [-0.39, 0.29) is 5.41 Å². The first-order valence-corrected chi connectivity index (χ1v) is 11.3. The van der Waals surface area contributed by atoms with Crippen molar-refractivity contribution in [3.05, 3.63) is 112 Å². The summed E-state index contributed by atoms with van der Waals surface area (Å²) in [6.07, 6.45) is 16.1. The van der Waals surface area contributed by atoms with E-state index >= 15 is 0 Å². The maximum absolute atomic E-state index is 2.40. The monoisotopic (exact) mass is 394 g/mol. The first kappa shape index (κ1) is 20.7. The van der Waals surface area contributed by atoms with E-state index in [0.717, 1.165) is 25.7 Å². The predicted octanol–water partition coefficient (Wildman–Crippen LogP) is 8.14. The minimum Gasteiger partial charge on any atom is -0.0805 e. The molecule has 0 aromatic heterocycles. The Labute approximate surface area is 182 Å². The average Bonchev–Trinajstić information content (AvgIpc) is 3.38. The zero-order valence-corrected chi connectivity index (χ0v) is 18.9. The highest BCUT2D eigenvalue weighted by Crippen LogP contribution is 2.41. The topological polar surface area (TPSA) is 0 Å². The van der Waals surface area contributed by atoms with Crippen LogP contribution in [0.4, 0.5) is 0 Å². The first-order chi connectivity index (χ1) is 14.4. The van der Waals surface area contributed by atoms with Crippen molar-refractivity contribution >= 4 is 5.57 Å². The van der Waals surface area contributed by atoms with Crippen molar-refractivity contribution in [3.8, 4) is 0 Å². The summed E-state index contributed by atoms with van der Waals surface area (Å²) in [6.45, 7) is 9.00. The lowest BCUT2D eigenvalue weighted by atomic mass is 9.81. The van der Waals surface area contributed by atoms with E-state index < -0.39 is 0 Å². The molecule has 0 bridgehead atoms. The molecule has 30 heavy (non-hydrogen) atoms. The molecule has 1 unspecified atom stereocenters. The van der Waals surface area contributed by atoms with Gasteiger partial charge in [0.05, 0.1) is 0 Å². The molecule has 2 aromatic rings. The SMILES string of the molecule is Cc1ccc(CCC2=CC=C(c3ccc(C(C)(C)C)cc3)C2CC2=CC=CC2)cc1. The lowest BCUT2D eigenvalue weighted by Crippen LogP contribution is -2.11. The maximum Gasteiger partial charge on any atom is 0.00947 e. The molecule has 0 spiro atoms. The third-order valence-corrected chi connectivity index (χ3v) is 6.52. The Kier molecular flexibility index (Phi) is 5.95. The highest BCUT2D eigenvalue weighted by molar-refractivity contribution is 5.75. The normalized spacial score (nSPS) is 18.4. The van der Waals surface area contributed by atoms with Crippen LogP contribution in [0.3, 0.4) is 0 Å². The Morgan fingerprint density at radius 1 is 0.833 bits per heavy atom. The third-order valence-electron chi connectivity index (χ3n) is 6.52. The molecule has 0 heterocycles. The molecule has 0 heteroatoms. The van der Waals surface area contributed by atoms with Gasteiger partial charge in [-0.2, -0.15) is 0 Å². The Morgan fingerprint density at radius 2 is 1.57 bits per heavy atom. The van der Waals surface area contributed by atoms with Gasteiger partial charge in [0.25, 0.3) is 0 Å². The Bertz CT molecular complexity index is 999. The van der Waals surface area contributed by atoms with E-state index in [2.05, 4.69) is 107 Å². The van der Waals surface area contributed by atoms with Gasteiger partial charge < -0.3 is 0 Å². The van der Waals surface area contributed by atoms with E-state index in [4.69, 9.17) is 0 Å². The fourth-order valence-corrected chi connectivity index (χ4v) is 4.54. The molecule has 2 aliphatic carbocycles. The van der Waals surface area contributed by atoms with Crippen molar-refractivity contribution in [2.45, 2.75) is 58.8 Å². The van der Waals surface area contributed by atoms with Crippen LogP contribution < -0.4 is 0 Å². The number of aryl methyl sites for hydroxylation is 2. The molecule has 0 saturated carbocycles. The molecule has 0 radical (unpaired) electrons. The molecule has 0 nitrogen and oxygen atoms in total. The van der Waals surface area contributed by atoms with E-state index in [1.807, 2.05) is 0 Å². The molecule has 2 aliphatic rings. The summed E-state index contributed by atoms with van der Waals surface area (Å²) in [5.74, 6) is 0.502. The van der Waals surface area contributed by atoms with E-state index in [1.54, 1.807) is 11.1 Å². The first-order valence-electron chi connectivity index (χ1n) is 11.3. The van der Waals surface area contributed by atoms with Crippen molar-refractivity contribution in [1.82, 2.24) is 0 Å². The molecule has 4 rings (SSSR count). The predicted molar refractivity (Wildman–Crippen MR) is 131 cm³/mol. The fourth-order valence-electron chi connectivity index (χ4n) is 4.54. The highest BCUT2D eigenvalue weighted by Gasteiger charge is 2.25. The van der Waals surface area contributed by atoms with Gasteiger partial charge in [0.2, 0.25) is 0 Å². The second-order valence-electron chi connectivity index (χ2n) is 9.89. The lowest BCUT2D eigenvalue weighted by Gasteiger charge is -2.23. The molecule has 154 valence electrons. The highest BCUT2D eigenvalue weighted by atomic mass is 14.3. The standard InChI is InChI=1S/C30H34/c1-22-9-11-23(12-10-22)13-14-26-17-20-28(29(26)21-24-7-5-6-8-24)25-15-18-27(19-16-25)30(2,3)4/h5-7,9-12,15-20,29H,8,13-14,21H2,1-4H3. The maximum atomic E-state index is 2.40. The summed E-state index contributed by atoms with van der Waals surface area (Å²) in [7, 11) is 0. The quantitative estimate of drug-likeness (QED) is 0.464. The van der Waals surface area contributed by atoms with Gasteiger partial charge in [-0.05, 0) is 60.3 Å². The number of rotatable bonds is 6.